The highest BCUT2D eigenvalue weighted by Gasteiger charge is 2.34. The number of aromatic amines is 1. The molecule has 0 radical (unpaired) electrons. The summed E-state index contributed by atoms with van der Waals surface area (Å²) >= 11 is 7.95. The lowest BCUT2D eigenvalue weighted by molar-refractivity contribution is 0.614. The number of thioether (sulfide) groups is 1. The molecule has 1 aliphatic rings. The third kappa shape index (κ3) is 1.79. The lowest BCUT2D eigenvalue weighted by Gasteiger charge is -2.18. The fraction of sp³-hybridized carbons (Fsp3) is 0.417. The summed E-state index contributed by atoms with van der Waals surface area (Å²) in [4.78, 5) is 8.01. The molecule has 3 rings (SSSR count). The molecule has 1 saturated heterocycles. The van der Waals surface area contributed by atoms with Crippen LogP contribution in [-0.4, -0.2) is 15.7 Å². The van der Waals surface area contributed by atoms with Gasteiger partial charge in [0.2, 0.25) is 0 Å². The van der Waals surface area contributed by atoms with Crippen LogP contribution in [0, 0.1) is 0 Å². The van der Waals surface area contributed by atoms with Crippen molar-refractivity contribution in [3.05, 3.63) is 23.0 Å². The van der Waals surface area contributed by atoms with Gasteiger partial charge in [0.1, 0.15) is 11.3 Å². The topological polar surface area (TPSA) is 54.7 Å². The van der Waals surface area contributed by atoms with E-state index in [0.29, 0.717) is 10.7 Å². The average molecular weight is 268 g/mol. The zero-order valence-electron chi connectivity index (χ0n) is 9.59. The number of fused-ring (bicyclic) bond motifs is 1. The maximum Gasteiger partial charge on any atom is 0.123 e. The Morgan fingerprint density at radius 1 is 1.53 bits per heavy atom. The third-order valence-electron chi connectivity index (χ3n) is 3.30. The van der Waals surface area contributed by atoms with Gasteiger partial charge in [-0.25, -0.2) is 4.98 Å². The summed E-state index contributed by atoms with van der Waals surface area (Å²) in [6, 6.07) is 3.63. The first-order valence-corrected chi connectivity index (χ1v) is 7.04. The van der Waals surface area contributed by atoms with E-state index in [9.17, 15) is 0 Å². The number of nitrogens with one attached hydrogen (secondary N) is 1. The minimum Gasteiger partial charge on any atom is -0.397 e. The van der Waals surface area contributed by atoms with Gasteiger partial charge in [0.05, 0.1) is 16.0 Å². The second-order valence-electron chi connectivity index (χ2n) is 4.66. The van der Waals surface area contributed by atoms with Crippen molar-refractivity contribution < 1.29 is 0 Å². The third-order valence-corrected chi connectivity index (χ3v) is 5.05. The second kappa shape index (κ2) is 3.82. The number of benzene rings is 1. The molecule has 1 fully saturated rings. The van der Waals surface area contributed by atoms with Gasteiger partial charge in [-0.1, -0.05) is 11.6 Å². The number of nitrogen functional groups attached to an aromatic ring is 1. The van der Waals surface area contributed by atoms with Crippen LogP contribution in [0.2, 0.25) is 5.02 Å². The Bertz CT molecular complexity index is 572. The molecule has 0 saturated carbocycles. The molecule has 0 spiro atoms. The van der Waals surface area contributed by atoms with Crippen LogP contribution in [0.4, 0.5) is 5.69 Å². The maximum atomic E-state index is 5.99. The molecule has 1 aliphatic heterocycles. The summed E-state index contributed by atoms with van der Waals surface area (Å²) in [5.41, 5.74) is 8.34. The van der Waals surface area contributed by atoms with Crippen LogP contribution in [0.5, 0.6) is 0 Å². The van der Waals surface area contributed by atoms with Crippen molar-refractivity contribution in [2.45, 2.75) is 24.5 Å². The molecule has 90 valence electrons. The van der Waals surface area contributed by atoms with Gasteiger partial charge < -0.3 is 10.7 Å². The Balaban J connectivity index is 2.16. The molecule has 3 nitrogen and oxygen atoms in total. The number of nitrogens with two attached hydrogens (primary N) is 1. The predicted molar refractivity (Wildman–Crippen MR) is 74.6 cm³/mol. The zero-order chi connectivity index (χ0) is 12.0. The van der Waals surface area contributed by atoms with E-state index in [4.69, 9.17) is 17.3 Å². The van der Waals surface area contributed by atoms with Crippen molar-refractivity contribution in [1.29, 1.82) is 0 Å². The largest absolute Gasteiger partial charge is 0.397 e. The molecule has 0 aliphatic carbocycles. The number of rotatable bonds is 1. The number of H-pyrrole nitrogens is 1. The summed E-state index contributed by atoms with van der Waals surface area (Å²) in [5.74, 6) is 2.22. The molecular weight excluding hydrogens is 254 g/mol. The number of anilines is 1. The Morgan fingerprint density at radius 2 is 2.35 bits per heavy atom. The minimum absolute atomic E-state index is 0.0952. The van der Waals surface area contributed by atoms with E-state index in [1.807, 2.05) is 17.8 Å². The summed E-state index contributed by atoms with van der Waals surface area (Å²) < 4.78 is 0.0952. The number of imidazole rings is 1. The number of hydrogen-bond acceptors (Lipinski definition) is 3. The average Bonchev–Trinajstić information content (AvgIpc) is 2.84. The molecule has 1 aromatic heterocycles. The summed E-state index contributed by atoms with van der Waals surface area (Å²) in [7, 11) is 0. The molecule has 1 aromatic carbocycles. The van der Waals surface area contributed by atoms with E-state index in [1.165, 1.54) is 12.2 Å². The molecule has 1 atom stereocenters. The Morgan fingerprint density at radius 3 is 3.06 bits per heavy atom. The predicted octanol–water partition coefficient (Wildman–Crippen LogP) is 3.54. The zero-order valence-corrected chi connectivity index (χ0v) is 11.2. The molecule has 0 amide bonds. The molecule has 1 unspecified atom stereocenters. The smallest absolute Gasteiger partial charge is 0.123 e. The highest BCUT2D eigenvalue weighted by Crippen LogP contribution is 2.45. The molecule has 2 heterocycles. The number of halogens is 1. The first-order valence-electron chi connectivity index (χ1n) is 5.68. The standard InChI is InChI=1S/C12H14ClN3S/c1-12(3-2-4-17-12)11-15-9-6-7(13)5-8(14)10(9)16-11/h5-6H,2-4,14H2,1H3,(H,15,16). The van der Waals surface area contributed by atoms with Gasteiger partial charge >= 0.3 is 0 Å². The Labute approximate surface area is 109 Å². The quantitative estimate of drug-likeness (QED) is 0.777. The molecule has 17 heavy (non-hydrogen) atoms. The van der Waals surface area contributed by atoms with E-state index in [1.54, 1.807) is 6.07 Å². The number of aromatic nitrogens is 2. The highest BCUT2D eigenvalue weighted by atomic mass is 35.5. The SMILES string of the molecule is CC1(c2nc3c(N)cc(Cl)cc3[nH]2)CCCS1. The molecule has 0 bridgehead atoms. The second-order valence-corrected chi connectivity index (χ2v) is 6.69. The van der Waals surface area contributed by atoms with Gasteiger partial charge in [-0.05, 0) is 37.7 Å². The lowest BCUT2D eigenvalue weighted by atomic mass is 10.1. The van der Waals surface area contributed by atoms with Crippen molar-refractivity contribution in [3.8, 4) is 0 Å². The van der Waals surface area contributed by atoms with Crippen molar-refractivity contribution in [2.75, 3.05) is 11.5 Å². The lowest BCUT2D eigenvalue weighted by Crippen LogP contribution is -2.14. The van der Waals surface area contributed by atoms with Gasteiger partial charge in [0.25, 0.3) is 0 Å². The molecular formula is C12H14ClN3S. The minimum atomic E-state index is 0.0952. The number of hydrogen-bond donors (Lipinski definition) is 2. The first-order chi connectivity index (χ1) is 8.08. The molecule has 2 aromatic rings. The van der Waals surface area contributed by atoms with Gasteiger partial charge in [-0.2, -0.15) is 0 Å². The summed E-state index contributed by atoms with van der Waals surface area (Å²) in [6.07, 6.45) is 2.40. The van der Waals surface area contributed by atoms with E-state index in [2.05, 4.69) is 16.9 Å². The molecule has 5 heteroatoms. The van der Waals surface area contributed by atoms with Gasteiger partial charge in [0, 0.05) is 5.02 Å². The Hall–Kier alpha value is -0.870. The van der Waals surface area contributed by atoms with Crippen LogP contribution in [0.3, 0.4) is 0 Å². The van der Waals surface area contributed by atoms with Crippen LogP contribution < -0.4 is 5.73 Å². The van der Waals surface area contributed by atoms with E-state index >= 15 is 0 Å². The first kappa shape index (κ1) is 11.2. The van der Waals surface area contributed by atoms with Crippen LogP contribution in [0.1, 0.15) is 25.6 Å². The fourth-order valence-corrected chi connectivity index (χ4v) is 3.81. The van der Waals surface area contributed by atoms with Crippen molar-refractivity contribution >= 4 is 40.1 Å². The van der Waals surface area contributed by atoms with Crippen molar-refractivity contribution in [2.24, 2.45) is 0 Å². The van der Waals surface area contributed by atoms with Crippen molar-refractivity contribution in [3.63, 3.8) is 0 Å². The monoisotopic (exact) mass is 267 g/mol. The van der Waals surface area contributed by atoms with Gasteiger partial charge in [-0.3, -0.25) is 0 Å². The normalized spacial score (nSPS) is 24.6. The molecule has 3 N–H and O–H groups in total. The van der Waals surface area contributed by atoms with Crippen LogP contribution in [0.25, 0.3) is 11.0 Å². The van der Waals surface area contributed by atoms with Crippen LogP contribution in [-0.2, 0) is 4.75 Å². The van der Waals surface area contributed by atoms with Crippen molar-refractivity contribution in [1.82, 2.24) is 9.97 Å². The van der Waals surface area contributed by atoms with E-state index in [0.717, 1.165) is 23.3 Å². The number of nitrogens with zero attached hydrogens (tertiary/aromatic N) is 1. The fourth-order valence-electron chi connectivity index (χ4n) is 2.32. The van der Waals surface area contributed by atoms with E-state index < -0.39 is 0 Å². The van der Waals surface area contributed by atoms with Crippen LogP contribution >= 0.6 is 23.4 Å². The Kier molecular flexibility index (Phi) is 2.52. The van der Waals surface area contributed by atoms with E-state index in [-0.39, 0.29) is 4.75 Å². The van der Waals surface area contributed by atoms with Gasteiger partial charge in [-0.15, -0.1) is 11.8 Å². The van der Waals surface area contributed by atoms with Gasteiger partial charge in [0.15, 0.2) is 0 Å². The van der Waals surface area contributed by atoms with Crippen LogP contribution in [0.15, 0.2) is 12.1 Å². The highest BCUT2D eigenvalue weighted by molar-refractivity contribution is 8.00. The summed E-state index contributed by atoms with van der Waals surface area (Å²) in [6.45, 7) is 2.24. The maximum absolute atomic E-state index is 5.99. The summed E-state index contributed by atoms with van der Waals surface area (Å²) in [5, 5.41) is 0.648.